The van der Waals surface area contributed by atoms with Gasteiger partial charge < -0.3 is 5.11 Å². The summed E-state index contributed by atoms with van der Waals surface area (Å²) in [4.78, 5) is 26.3. The van der Waals surface area contributed by atoms with Gasteiger partial charge in [0.2, 0.25) is 5.88 Å². The van der Waals surface area contributed by atoms with Crippen LogP contribution in [0, 0.1) is 5.41 Å². The first-order chi connectivity index (χ1) is 9.89. The van der Waals surface area contributed by atoms with Gasteiger partial charge in [0, 0.05) is 11.0 Å². The molecule has 1 aromatic heterocycles. The molecule has 2 N–H and O–H groups in total. The highest BCUT2D eigenvalue weighted by atomic mass is 79.9. The fourth-order valence-corrected chi connectivity index (χ4v) is 2.60. The first kappa shape index (κ1) is 14.1. The molecule has 21 heavy (non-hydrogen) atoms. The molecule has 0 bridgehead atoms. The summed E-state index contributed by atoms with van der Waals surface area (Å²) < 4.78 is 2.13. The average Bonchev–Trinajstić information content (AvgIpc) is 3.15. The van der Waals surface area contributed by atoms with Crippen LogP contribution in [0.15, 0.2) is 38.3 Å². The normalized spacial score (nSPS) is 15.9. The number of nitrogens with zero attached hydrogens (tertiary/aromatic N) is 1. The molecule has 1 aliphatic carbocycles. The second-order valence-corrected chi connectivity index (χ2v) is 6.78. The van der Waals surface area contributed by atoms with Crippen molar-refractivity contribution in [3.05, 3.63) is 49.6 Å². The summed E-state index contributed by atoms with van der Waals surface area (Å²) in [5.74, 6) is -0.265. The number of rotatable bonds is 3. The maximum Gasteiger partial charge on any atom is 0.331 e. The number of aromatic amines is 1. The number of halogens is 1. The molecule has 0 spiro atoms. The van der Waals surface area contributed by atoms with E-state index in [1.165, 1.54) is 4.57 Å². The largest absolute Gasteiger partial charge is 0.494 e. The molecule has 0 unspecified atom stereocenters. The minimum absolute atomic E-state index is 0.0382. The van der Waals surface area contributed by atoms with Crippen molar-refractivity contribution in [3.63, 3.8) is 0 Å². The molecule has 1 fully saturated rings. The van der Waals surface area contributed by atoms with Crippen LogP contribution < -0.4 is 11.2 Å². The summed E-state index contributed by atoms with van der Waals surface area (Å²) in [7, 11) is 0. The smallest absolute Gasteiger partial charge is 0.331 e. The van der Waals surface area contributed by atoms with Crippen LogP contribution in [0.4, 0.5) is 0 Å². The van der Waals surface area contributed by atoms with Crippen LogP contribution in [0.2, 0.25) is 0 Å². The van der Waals surface area contributed by atoms with E-state index in [4.69, 9.17) is 0 Å². The van der Waals surface area contributed by atoms with Gasteiger partial charge in [-0.2, -0.15) is 0 Å². The van der Waals surface area contributed by atoms with Gasteiger partial charge in [-0.1, -0.05) is 35.0 Å². The molecule has 1 saturated carbocycles. The maximum absolute atomic E-state index is 12.0. The molecule has 0 atom stereocenters. The highest BCUT2D eigenvalue weighted by molar-refractivity contribution is 9.10. The summed E-state index contributed by atoms with van der Waals surface area (Å²) in [5.41, 5.74) is -0.391. The van der Waals surface area contributed by atoms with Gasteiger partial charge >= 0.3 is 5.69 Å². The molecule has 0 amide bonds. The Bertz CT molecular complexity index is 801. The second kappa shape index (κ2) is 4.87. The molecule has 1 aliphatic rings. The summed E-state index contributed by atoms with van der Waals surface area (Å²) >= 11 is 3.33. The molecular formula is C15H15BrN2O3. The average molecular weight is 351 g/mol. The molecule has 2 aromatic rings. The number of hydrogen-bond acceptors (Lipinski definition) is 3. The SMILES string of the molecule is CC1(Cn2c(O)c(-c3ccc(Br)cc3)c(=O)[nH]c2=O)CC1. The Morgan fingerprint density at radius 2 is 1.90 bits per heavy atom. The molecule has 6 heteroatoms. The minimum atomic E-state index is -0.572. The van der Waals surface area contributed by atoms with Crippen molar-refractivity contribution in [1.29, 1.82) is 0 Å². The predicted molar refractivity (Wildman–Crippen MR) is 83.5 cm³/mol. The van der Waals surface area contributed by atoms with Crippen LogP contribution >= 0.6 is 15.9 Å². The number of benzene rings is 1. The number of nitrogens with one attached hydrogen (secondary N) is 1. The molecule has 1 heterocycles. The maximum atomic E-state index is 12.0. The number of aromatic hydroxyl groups is 1. The second-order valence-electron chi connectivity index (χ2n) is 5.86. The Hall–Kier alpha value is -1.82. The van der Waals surface area contributed by atoms with Crippen molar-refractivity contribution in [1.82, 2.24) is 9.55 Å². The molecule has 1 aromatic carbocycles. The van der Waals surface area contributed by atoms with Gasteiger partial charge in [-0.15, -0.1) is 0 Å². The van der Waals surface area contributed by atoms with Crippen LogP contribution in [-0.2, 0) is 6.54 Å². The van der Waals surface area contributed by atoms with E-state index in [1.807, 2.05) is 0 Å². The van der Waals surface area contributed by atoms with Crippen LogP contribution in [-0.4, -0.2) is 14.7 Å². The summed E-state index contributed by atoms with van der Waals surface area (Å²) in [6.07, 6.45) is 2.04. The lowest BCUT2D eigenvalue weighted by atomic mass is 10.1. The van der Waals surface area contributed by atoms with Crippen molar-refractivity contribution in [2.24, 2.45) is 5.41 Å². The Balaban J connectivity index is 2.16. The van der Waals surface area contributed by atoms with Crippen molar-refractivity contribution in [2.75, 3.05) is 0 Å². The van der Waals surface area contributed by atoms with E-state index in [9.17, 15) is 14.7 Å². The van der Waals surface area contributed by atoms with E-state index in [1.54, 1.807) is 24.3 Å². The lowest BCUT2D eigenvalue weighted by Gasteiger charge is -2.15. The lowest BCUT2D eigenvalue weighted by Crippen LogP contribution is -2.32. The van der Waals surface area contributed by atoms with Gasteiger partial charge in [0.15, 0.2) is 0 Å². The number of aromatic nitrogens is 2. The zero-order valence-corrected chi connectivity index (χ0v) is 13.1. The third-order valence-corrected chi connectivity index (χ3v) is 4.48. The van der Waals surface area contributed by atoms with E-state index in [2.05, 4.69) is 27.8 Å². The molecule has 3 rings (SSSR count). The highest BCUT2D eigenvalue weighted by Gasteiger charge is 2.38. The molecule has 5 nitrogen and oxygen atoms in total. The van der Waals surface area contributed by atoms with E-state index < -0.39 is 11.2 Å². The van der Waals surface area contributed by atoms with Crippen molar-refractivity contribution in [3.8, 4) is 17.0 Å². The molecule has 110 valence electrons. The first-order valence-electron chi connectivity index (χ1n) is 6.72. The van der Waals surface area contributed by atoms with E-state index in [-0.39, 0.29) is 16.9 Å². The van der Waals surface area contributed by atoms with Crippen molar-refractivity contribution in [2.45, 2.75) is 26.3 Å². The van der Waals surface area contributed by atoms with Crippen LogP contribution in [0.1, 0.15) is 19.8 Å². The van der Waals surface area contributed by atoms with Crippen LogP contribution in [0.3, 0.4) is 0 Å². The van der Waals surface area contributed by atoms with Crippen LogP contribution in [0.5, 0.6) is 5.88 Å². The van der Waals surface area contributed by atoms with Gasteiger partial charge in [-0.25, -0.2) is 4.79 Å². The molecular weight excluding hydrogens is 336 g/mol. The lowest BCUT2D eigenvalue weighted by molar-refractivity contribution is 0.361. The third-order valence-electron chi connectivity index (χ3n) is 3.95. The topological polar surface area (TPSA) is 75.1 Å². The molecule has 0 radical (unpaired) electrons. The Morgan fingerprint density at radius 1 is 1.29 bits per heavy atom. The molecule has 0 aliphatic heterocycles. The number of H-pyrrole nitrogens is 1. The zero-order chi connectivity index (χ0) is 15.2. The zero-order valence-electron chi connectivity index (χ0n) is 11.5. The Kier molecular flexibility index (Phi) is 3.28. The van der Waals surface area contributed by atoms with Gasteiger partial charge in [0.05, 0.1) is 0 Å². The van der Waals surface area contributed by atoms with Crippen molar-refractivity contribution < 1.29 is 5.11 Å². The Morgan fingerprint density at radius 3 is 2.48 bits per heavy atom. The quantitative estimate of drug-likeness (QED) is 0.892. The van der Waals surface area contributed by atoms with Gasteiger partial charge in [0.1, 0.15) is 5.56 Å². The predicted octanol–water partition coefficient (Wildman–Crippen LogP) is 2.47. The minimum Gasteiger partial charge on any atom is -0.494 e. The summed E-state index contributed by atoms with van der Waals surface area (Å²) in [5, 5.41) is 10.4. The fourth-order valence-electron chi connectivity index (χ4n) is 2.34. The Labute approximate surface area is 129 Å². The van der Waals surface area contributed by atoms with Gasteiger partial charge in [-0.3, -0.25) is 14.3 Å². The first-order valence-corrected chi connectivity index (χ1v) is 7.51. The fraction of sp³-hybridized carbons (Fsp3) is 0.333. The standard InChI is InChI=1S/C15H15BrN2O3/c1-15(6-7-15)8-18-13(20)11(12(19)17-14(18)21)9-2-4-10(16)5-3-9/h2-5,20H,6-8H2,1H3,(H,17,19,21). The monoisotopic (exact) mass is 350 g/mol. The summed E-state index contributed by atoms with van der Waals surface area (Å²) in [6, 6.07) is 7.02. The van der Waals surface area contributed by atoms with E-state index in [0.717, 1.165) is 17.3 Å². The number of hydrogen-bond donors (Lipinski definition) is 2. The highest BCUT2D eigenvalue weighted by Crippen LogP contribution is 2.46. The van der Waals surface area contributed by atoms with Crippen LogP contribution in [0.25, 0.3) is 11.1 Å². The molecule has 0 saturated heterocycles. The van der Waals surface area contributed by atoms with Crippen molar-refractivity contribution >= 4 is 15.9 Å². The summed E-state index contributed by atoms with van der Waals surface area (Å²) in [6.45, 7) is 2.47. The van der Waals surface area contributed by atoms with Gasteiger partial charge in [-0.05, 0) is 36.0 Å². The van der Waals surface area contributed by atoms with Gasteiger partial charge in [0.25, 0.3) is 5.56 Å². The van der Waals surface area contributed by atoms with E-state index >= 15 is 0 Å². The van der Waals surface area contributed by atoms with E-state index in [0.29, 0.717) is 12.1 Å². The third kappa shape index (κ3) is 2.68.